The van der Waals surface area contributed by atoms with Gasteiger partial charge in [0.2, 0.25) is 0 Å². The number of phenolic OH excluding ortho intramolecular Hbond substituents is 2. The molecule has 0 saturated carbocycles. The van der Waals surface area contributed by atoms with E-state index in [0.717, 1.165) is 0 Å². The fraction of sp³-hybridized carbons (Fsp3) is 0.133. The minimum absolute atomic E-state index is 0.130. The van der Waals surface area contributed by atoms with E-state index in [9.17, 15) is 18.6 Å². The van der Waals surface area contributed by atoms with Gasteiger partial charge in [-0.1, -0.05) is 0 Å². The van der Waals surface area contributed by atoms with E-state index in [1.54, 1.807) is 6.07 Å². The average molecular weight is 352 g/mol. The van der Waals surface area contributed by atoms with Gasteiger partial charge in [0.05, 0.1) is 20.4 Å². The van der Waals surface area contributed by atoms with E-state index in [4.69, 9.17) is 9.47 Å². The molecule has 128 valence electrons. The van der Waals surface area contributed by atoms with Crippen LogP contribution in [0.2, 0.25) is 0 Å². The highest BCUT2D eigenvalue weighted by atomic mass is 32.2. The summed E-state index contributed by atoms with van der Waals surface area (Å²) in [7, 11) is -1.22. The molecule has 3 N–H and O–H groups in total. The van der Waals surface area contributed by atoms with Crippen molar-refractivity contribution in [1.82, 2.24) is 4.83 Å². The Hall–Kier alpha value is -2.94. The van der Waals surface area contributed by atoms with Gasteiger partial charge in [0.15, 0.2) is 11.5 Å². The summed E-state index contributed by atoms with van der Waals surface area (Å²) in [5.41, 5.74) is 0.394. The molecule has 2 rings (SSSR count). The molecule has 0 aliphatic heterocycles. The first-order valence-electron chi connectivity index (χ1n) is 6.66. The van der Waals surface area contributed by atoms with E-state index in [0.29, 0.717) is 11.3 Å². The molecule has 0 radical (unpaired) electrons. The van der Waals surface area contributed by atoms with Crippen LogP contribution in [0.3, 0.4) is 0 Å². The number of benzene rings is 2. The summed E-state index contributed by atoms with van der Waals surface area (Å²) < 4.78 is 34.7. The molecule has 8 nitrogen and oxygen atoms in total. The molecule has 2 aromatic carbocycles. The van der Waals surface area contributed by atoms with Crippen LogP contribution in [0.15, 0.2) is 46.4 Å². The van der Waals surface area contributed by atoms with E-state index in [2.05, 4.69) is 5.10 Å². The summed E-state index contributed by atoms with van der Waals surface area (Å²) in [6, 6.07) is 8.30. The highest BCUT2D eigenvalue weighted by Crippen LogP contribution is 2.28. The van der Waals surface area contributed by atoms with Crippen LogP contribution < -0.4 is 14.3 Å². The number of methoxy groups -OCH3 is 2. The van der Waals surface area contributed by atoms with Gasteiger partial charge in [-0.25, -0.2) is 0 Å². The smallest absolute Gasteiger partial charge is 0.280 e. The van der Waals surface area contributed by atoms with Crippen LogP contribution in [-0.4, -0.2) is 39.1 Å². The lowest BCUT2D eigenvalue weighted by atomic mass is 10.2. The molecular weight excluding hydrogens is 336 g/mol. The fourth-order valence-corrected chi connectivity index (χ4v) is 2.81. The van der Waals surface area contributed by atoms with Crippen molar-refractivity contribution in [3.63, 3.8) is 0 Å². The van der Waals surface area contributed by atoms with Crippen LogP contribution in [0, 0.1) is 0 Å². The molecule has 24 heavy (non-hydrogen) atoms. The third-order valence-electron chi connectivity index (χ3n) is 3.05. The molecule has 0 aliphatic carbocycles. The summed E-state index contributed by atoms with van der Waals surface area (Å²) in [6.07, 6.45) is 1.18. The Morgan fingerprint density at radius 1 is 1.04 bits per heavy atom. The van der Waals surface area contributed by atoms with Crippen molar-refractivity contribution in [3.05, 3.63) is 42.0 Å². The first kappa shape index (κ1) is 17.4. The number of phenols is 2. The largest absolute Gasteiger partial charge is 0.504 e. The lowest BCUT2D eigenvalue weighted by Crippen LogP contribution is -2.19. The Labute approximate surface area is 139 Å². The molecule has 0 heterocycles. The highest BCUT2D eigenvalue weighted by Gasteiger charge is 2.19. The molecule has 0 aliphatic rings. The monoisotopic (exact) mass is 352 g/mol. The van der Waals surface area contributed by atoms with Crippen LogP contribution in [0.5, 0.6) is 23.0 Å². The van der Waals surface area contributed by atoms with E-state index in [-0.39, 0.29) is 22.1 Å². The second-order valence-corrected chi connectivity index (χ2v) is 6.25. The molecule has 0 fully saturated rings. The molecule has 0 aromatic heterocycles. The zero-order valence-electron chi connectivity index (χ0n) is 12.9. The Balaban J connectivity index is 2.25. The van der Waals surface area contributed by atoms with Crippen LogP contribution in [0.1, 0.15) is 5.56 Å². The van der Waals surface area contributed by atoms with Gasteiger partial charge >= 0.3 is 0 Å². The Bertz CT molecular complexity index is 864. The highest BCUT2D eigenvalue weighted by molar-refractivity contribution is 7.89. The lowest BCUT2D eigenvalue weighted by molar-refractivity contribution is 0.392. The van der Waals surface area contributed by atoms with E-state index in [1.807, 2.05) is 4.83 Å². The number of aromatic hydroxyl groups is 2. The number of nitrogens with one attached hydrogen (secondary N) is 1. The maximum atomic E-state index is 12.3. The zero-order valence-corrected chi connectivity index (χ0v) is 13.7. The minimum Gasteiger partial charge on any atom is -0.504 e. The number of hydrazone groups is 1. The summed E-state index contributed by atoms with van der Waals surface area (Å²) in [4.78, 5) is 1.92. The Morgan fingerprint density at radius 2 is 1.79 bits per heavy atom. The summed E-state index contributed by atoms with van der Waals surface area (Å²) in [6.45, 7) is 0. The van der Waals surface area contributed by atoms with E-state index >= 15 is 0 Å². The van der Waals surface area contributed by atoms with Crippen molar-refractivity contribution in [2.45, 2.75) is 4.90 Å². The van der Waals surface area contributed by atoms with Crippen molar-refractivity contribution < 1.29 is 28.1 Å². The minimum atomic E-state index is -3.99. The van der Waals surface area contributed by atoms with Gasteiger partial charge in [-0.2, -0.15) is 18.4 Å². The second kappa shape index (κ2) is 7.09. The molecule has 0 atom stereocenters. The molecule has 0 saturated heterocycles. The summed E-state index contributed by atoms with van der Waals surface area (Å²) in [5, 5.41) is 22.2. The van der Waals surface area contributed by atoms with Gasteiger partial charge in [-0.05, 0) is 35.9 Å². The first-order chi connectivity index (χ1) is 11.4. The van der Waals surface area contributed by atoms with Gasteiger partial charge < -0.3 is 19.7 Å². The van der Waals surface area contributed by atoms with Gasteiger partial charge in [0.1, 0.15) is 16.4 Å². The predicted molar refractivity (Wildman–Crippen MR) is 87.2 cm³/mol. The third kappa shape index (κ3) is 3.87. The molecule has 2 aromatic rings. The Morgan fingerprint density at radius 3 is 2.42 bits per heavy atom. The van der Waals surface area contributed by atoms with Crippen molar-refractivity contribution >= 4 is 16.2 Å². The second-order valence-electron chi connectivity index (χ2n) is 4.62. The number of hydrogen-bond acceptors (Lipinski definition) is 7. The lowest BCUT2D eigenvalue weighted by Gasteiger charge is -2.10. The van der Waals surface area contributed by atoms with E-state index in [1.165, 1.54) is 50.8 Å². The molecule has 9 heteroatoms. The van der Waals surface area contributed by atoms with Crippen LogP contribution in [0.4, 0.5) is 0 Å². The maximum Gasteiger partial charge on any atom is 0.280 e. The third-order valence-corrected chi connectivity index (χ3v) is 4.29. The molecule has 0 unspecified atom stereocenters. The van der Waals surface area contributed by atoms with Crippen molar-refractivity contribution in [1.29, 1.82) is 0 Å². The molecule has 0 amide bonds. The Kier molecular flexibility index (Phi) is 5.14. The predicted octanol–water partition coefficient (Wildman–Crippen LogP) is 1.43. The first-order valence-corrected chi connectivity index (χ1v) is 8.14. The number of nitrogens with zero attached hydrogens (tertiary/aromatic N) is 1. The zero-order chi connectivity index (χ0) is 17.7. The van der Waals surface area contributed by atoms with Gasteiger partial charge in [-0.15, -0.1) is 0 Å². The molecule has 0 bridgehead atoms. The van der Waals surface area contributed by atoms with Crippen molar-refractivity contribution in [3.8, 4) is 23.0 Å². The summed E-state index contributed by atoms with van der Waals surface area (Å²) >= 11 is 0. The standard InChI is InChI=1S/C15H16N2O6S/c1-22-11-4-6-14(23-2)15(8-11)24(20,21)17-16-9-10-3-5-12(18)13(19)7-10/h3-9,17-19H,1-2H3/b16-9-. The number of hydrogen-bond donors (Lipinski definition) is 3. The summed E-state index contributed by atoms with van der Waals surface area (Å²) in [5.74, 6) is -0.130. The van der Waals surface area contributed by atoms with Gasteiger partial charge in [-0.3, -0.25) is 0 Å². The molecular formula is C15H16N2O6S. The maximum absolute atomic E-state index is 12.3. The quantitative estimate of drug-likeness (QED) is 0.411. The topological polar surface area (TPSA) is 117 Å². The molecule has 0 spiro atoms. The van der Waals surface area contributed by atoms with E-state index < -0.39 is 10.0 Å². The van der Waals surface area contributed by atoms with Gasteiger partial charge in [0, 0.05) is 6.07 Å². The van der Waals surface area contributed by atoms with Crippen molar-refractivity contribution in [2.24, 2.45) is 5.10 Å². The SMILES string of the molecule is COc1ccc(OC)c(S(=O)(=O)N/N=C\c2ccc(O)c(O)c2)c1. The van der Waals surface area contributed by atoms with Crippen LogP contribution >= 0.6 is 0 Å². The average Bonchev–Trinajstić information content (AvgIpc) is 2.57. The normalized spacial score (nSPS) is 11.4. The van der Waals surface area contributed by atoms with Crippen molar-refractivity contribution in [2.75, 3.05) is 14.2 Å². The van der Waals surface area contributed by atoms with Gasteiger partial charge in [0.25, 0.3) is 10.0 Å². The number of sulfonamides is 1. The number of ether oxygens (including phenoxy) is 2. The fourth-order valence-electron chi connectivity index (χ4n) is 1.83. The van der Waals surface area contributed by atoms with Crippen LogP contribution in [0.25, 0.3) is 0 Å². The number of rotatable bonds is 6. The van der Waals surface area contributed by atoms with Crippen LogP contribution in [-0.2, 0) is 10.0 Å².